The van der Waals surface area contributed by atoms with Crippen molar-refractivity contribution in [3.05, 3.63) is 82.2 Å². The number of fused-ring (bicyclic) bond motifs is 1. The predicted octanol–water partition coefficient (Wildman–Crippen LogP) is 5.53. The maximum Gasteiger partial charge on any atom is 0.287 e. The number of nitrogens with one attached hydrogen (secondary N) is 1. The molecule has 2 aromatic carbocycles. The van der Waals surface area contributed by atoms with E-state index in [0.717, 1.165) is 26.7 Å². The summed E-state index contributed by atoms with van der Waals surface area (Å²) < 4.78 is 17.9. The lowest BCUT2D eigenvalue weighted by atomic mass is 10.1. The zero-order valence-corrected chi connectivity index (χ0v) is 16.8. The van der Waals surface area contributed by atoms with Gasteiger partial charge in [0.15, 0.2) is 5.76 Å². The third-order valence-corrected chi connectivity index (χ3v) is 4.94. The number of furan rings is 2. The van der Waals surface area contributed by atoms with Crippen LogP contribution in [0.1, 0.15) is 21.9 Å². The fourth-order valence-electron chi connectivity index (χ4n) is 3.06. The third kappa shape index (κ3) is 3.74. The minimum Gasteiger partial charge on any atom is -0.459 e. The van der Waals surface area contributed by atoms with Crippen molar-refractivity contribution in [2.45, 2.75) is 13.2 Å². The fraction of sp³-hybridized carbons (Fsp3) is 0.136. The van der Waals surface area contributed by atoms with E-state index in [-0.39, 0.29) is 18.2 Å². The second-order valence-corrected chi connectivity index (χ2v) is 7.21. The molecule has 1 N–H and O–H groups in total. The number of amides is 1. The number of rotatable bonds is 6. The van der Waals surface area contributed by atoms with Crippen molar-refractivity contribution in [2.75, 3.05) is 7.11 Å². The van der Waals surface area contributed by atoms with Gasteiger partial charge in [-0.2, -0.15) is 0 Å². The molecule has 0 spiro atoms. The van der Waals surface area contributed by atoms with Gasteiger partial charge in [-0.15, -0.1) is 0 Å². The number of methoxy groups -OCH3 is 1. The van der Waals surface area contributed by atoms with E-state index in [1.165, 1.54) is 0 Å². The van der Waals surface area contributed by atoms with Gasteiger partial charge in [-0.05, 0) is 30.3 Å². The van der Waals surface area contributed by atoms with Crippen LogP contribution < -0.4 is 5.32 Å². The summed E-state index contributed by atoms with van der Waals surface area (Å²) >= 11 is 3.42. The molecule has 142 valence electrons. The highest BCUT2D eigenvalue weighted by Crippen LogP contribution is 2.27. The van der Waals surface area contributed by atoms with Gasteiger partial charge in [0, 0.05) is 28.1 Å². The summed E-state index contributed by atoms with van der Waals surface area (Å²) in [4.78, 5) is 12.7. The molecule has 4 rings (SSSR count). The molecule has 0 aliphatic heterocycles. The van der Waals surface area contributed by atoms with Gasteiger partial charge in [0.2, 0.25) is 0 Å². The molecule has 5 nitrogen and oxygen atoms in total. The smallest absolute Gasteiger partial charge is 0.287 e. The summed E-state index contributed by atoms with van der Waals surface area (Å²) in [5.74, 6) is 1.38. The molecule has 0 fully saturated rings. The first kappa shape index (κ1) is 18.5. The van der Waals surface area contributed by atoms with Crippen molar-refractivity contribution < 1.29 is 18.4 Å². The van der Waals surface area contributed by atoms with Crippen molar-refractivity contribution in [2.24, 2.45) is 0 Å². The van der Waals surface area contributed by atoms with Gasteiger partial charge in [-0.25, -0.2) is 0 Å². The van der Waals surface area contributed by atoms with Gasteiger partial charge < -0.3 is 18.9 Å². The maximum absolute atomic E-state index is 12.7. The molecule has 6 heteroatoms. The first-order valence-corrected chi connectivity index (χ1v) is 9.57. The zero-order chi connectivity index (χ0) is 19.5. The predicted molar refractivity (Wildman–Crippen MR) is 110 cm³/mol. The standard InChI is InChI=1S/C22H18BrNO4/c1-26-13-18-17-4-2-3-5-20(17)28-21(18)22(25)24-12-16-10-11-19(27-16)14-6-8-15(23)9-7-14/h2-11H,12-13H2,1H3,(H,24,25). The topological polar surface area (TPSA) is 64.6 Å². The highest BCUT2D eigenvalue weighted by molar-refractivity contribution is 9.10. The van der Waals surface area contributed by atoms with Gasteiger partial charge in [-0.1, -0.05) is 46.3 Å². The van der Waals surface area contributed by atoms with Gasteiger partial charge in [0.1, 0.15) is 17.1 Å². The van der Waals surface area contributed by atoms with Crippen LogP contribution >= 0.6 is 15.9 Å². The van der Waals surface area contributed by atoms with Crippen molar-refractivity contribution in [1.29, 1.82) is 0 Å². The number of hydrogen-bond acceptors (Lipinski definition) is 4. The van der Waals surface area contributed by atoms with Crippen LogP contribution in [0, 0.1) is 0 Å². The van der Waals surface area contributed by atoms with Gasteiger partial charge in [-0.3, -0.25) is 4.79 Å². The number of hydrogen-bond donors (Lipinski definition) is 1. The molecule has 2 heterocycles. The third-order valence-electron chi connectivity index (χ3n) is 4.41. The van der Waals surface area contributed by atoms with Crippen LogP contribution in [0.3, 0.4) is 0 Å². The highest BCUT2D eigenvalue weighted by Gasteiger charge is 2.20. The first-order valence-electron chi connectivity index (χ1n) is 8.78. The van der Waals surface area contributed by atoms with Crippen LogP contribution in [0.5, 0.6) is 0 Å². The Morgan fingerprint density at radius 1 is 1.04 bits per heavy atom. The summed E-state index contributed by atoms with van der Waals surface area (Å²) in [7, 11) is 1.59. The summed E-state index contributed by atoms with van der Waals surface area (Å²) in [6.07, 6.45) is 0. The summed E-state index contributed by atoms with van der Waals surface area (Å²) in [5.41, 5.74) is 2.38. The normalized spacial score (nSPS) is 11.1. The van der Waals surface area contributed by atoms with E-state index in [1.54, 1.807) is 7.11 Å². The number of carbonyl (C=O) groups is 1. The molecule has 0 saturated carbocycles. The van der Waals surface area contributed by atoms with Gasteiger partial charge in [0.25, 0.3) is 5.91 Å². The van der Waals surface area contributed by atoms with E-state index in [4.69, 9.17) is 13.6 Å². The largest absolute Gasteiger partial charge is 0.459 e. The molecule has 0 aliphatic rings. The molecular weight excluding hydrogens is 422 g/mol. The quantitative estimate of drug-likeness (QED) is 0.428. The lowest BCUT2D eigenvalue weighted by Crippen LogP contribution is -2.23. The Balaban J connectivity index is 1.50. The molecule has 0 bridgehead atoms. The molecule has 28 heavy (non-hydrogen) atoms. The molecule has 0 atom stereocenters. The second kappa shape index (κ2) is 8.04. The first-order chi connectivity index (χ1) is 13.7. The zero-order valence-electron chi connectivity index (χ0n) is 15.2. The highest BCUT2D eigenvalue weighted by atomic mass is 79.9. The number of benzene rings is 2. The minimum atomic E-state index is -0.301. The van der Waals surface area contributed by atoms with Crippen molar-refractivity contribution in [3.8, 4) is 11.3 Å². The summed E-state index contributed by atoms with van der Waals surface area (Å²) in [6, 6.07) is 19.1. The number of carbonyl (C=O) groups excluding carboxylic acids is 1. The molecule has 1 amide bonds. The second-order valence-electron chi connectivity index (χ2n) is 6.29. The summed E-state index contributed by atoms with van der Waals surface area (Å²) in [5, 5.41) is 3.74. The lowest BCUT2D eigenvalue weighted by molar-refractivity contribution is 0.0916. The van der Waals surface area contributed by atoms with Crippen LogP contribution in [-0.4, -0.2) is 13.0 Å². The molecule has 0 radical (unpaired) electrons. The fourth-order valence-corrected chi connectivity index (χ4v) is 3.32. The molecule has 2 aromatic heterocycles. The average molecular weight is 440 g/mol. The Morgan fingerprint density at radius 3 is 2.61 bits per heavy atom. The van der Waals surface area contributed by atoms with Gasteiger partial charge in [0.05, 0.1) is 13.2 Å². The van der Waals surface area contributed by atoms with E-state index >= 15 is 0 Å². The monoisotopic (exact) mass is 439 g/mol. The van der Waals surface area contributed by atoms with Crippen LogP contribution in [0.25, 0.3) is 22.3 Å². The molecule has 0 aliphatic carbocycles. The van der Waals surface area contributed by atoms with E-state index < -0.39 is 0 Å². The number of ether oxygens (including phenoxy) is 1. The Bertz CT molecular complexity index is 1110. The number of halogens is 1. The summed E-state index contributed by atoms with van der Waals surface area (Å²) in [6.45, 7) is 0.563. The van der Waals surface area contributed by atoms with Crippen LogP contribution in [0.2, 0.25) is 0 Å². The Labute approximate surface area is 170 Å². The van der Waals surface area contributed by atoms with Crippen LogP contribution in [-0.2, 0) is 17.9 Å². The van der Waals surface area contributed by atoms with E-state index in [1.807, 2.05) is 60.7 Å². The van der Waals surface area contributed by atoms with E-state index in [2.05, 4.69) is 21.2 Å². The van der Waals surface area contributed by atoms with Gasteiger partial charge >= 0.3 is 0 Å². The molecule has 0 unspecified atom stereocenters. The lowest BCUT2D eigenvalue weighted by Gasteiger charge is -2.04. The SMILES string of the molecule is COCc1c(C(=O)NCc2ccc(-c3ccc(Br)cc3)o2)oc2ccccc12. The minimum absolute atomic E-state index is 0.263. The van der Waals surface area contributed by atoms with Crippen molar-refractivity contribution in [3.63, 3.8) is 0 Å². The van der Waals surface area contributed by atoms with Crippen molar-refractivity contribution >= 4 is 32.8 Å². The Morgan fingerprint density at radius 2 is 1.82 bits per heavy atom. The van der Waals surface area contributed by atoms with E-state index in [9.17, 15) is 4.79 Å². The molecule has 0 saturated heterocycles. The maximum atomic E-state index is 12.7. The van der Waals surface area contributed by atoms with Crippen molar-refractivity contribution in [1.82, 2.24) is 5.32 Å². The average Bonchev–Trinajstić information content (AvgIpc) is 3.32. The Kier molecular flexibility index (Phi) is 5.32. The van der Waals surface area contributed by atoms with Crippen LogP contribution in [0.4, 0.5) is 0 Å². The molecule has 4 aromatic rings. The molecular formula is C22H18BrNO4. The number of para-hydroxylation sites is 1. The van der Waals surface area contributed by atoms with E-state index in [0.29, 0.717) is 18.0 Å². The Hall–Kier alpha value is -2.83. The van der Waals surface area contributed by atoms with Crippen LogP contribution in [0.15, 0.2) is 74.0 Å².